The summed E-state index contributed by atoms with van der Waals surface area (Å²) in [6, 6.07) is 11.1. The SMILES string of the molecule is Cc1ccc(-c2ccc(=O)n(CC(=O)NCCC[NH+]3CCCCC3)n2)cc1. The van der Waals surface area contributed by atoms with Crippen LogP contribution in [0.25, 0.3) is 11.3 Å². The van der Waals surface area contributed by atoms with Crippen molar-refractivity contribution in [3.8, 4) is 11.3 Å². The fraction of sp³-hybridized carbons (Fsp3) is 0.476. The lowest BCUT2D eigenvalue weighted by molar-refractivity contribution is -0.904. The van der Waals surface area contributed by atoms with Gasteiger partial charge < -0.3 is 10.2 Å². The minimum atomic E-state index is -0.265. The zero-order valence-electron chi connectivity index (χ0n) is 16.0. The number of carbonyl (C=O) groups excluding carboxylic acids is 1. The van der Waals surface area contributed by atoms with Crippen LogP contribution < -0.4 is 15.8 Å². The number of hydrogen-bond donors (Lipinski definition) is 2. The summed E-state index contributed by atoms with van der Waals surface area (Å²) in [7, 11) is 0. The smallest absolute Gasteiger partial charge is 0.267 e. The number of aryl methyl sites for hydroxylation is 1. The van der Waals surface area contributed by atoms with Gasteiger partial charge in [0.1, 0.15) is 6.54 Å². The Morgan fingerprint density at radius 1 is 1.11 bits per heavy atom. The van der Waals surface area contributed by atoms with Crippen LogP contribution in [-0.2, 0) is 11.3 Å². The van der Waals surface area contributed by atoms with Gasteiger partial charge in [-0.15, -0.1) is 0 Å². The fourth-order valence-corrected chi connectivity index (χ4v) is 3.50. The van der Waals surface area contributed by atoms with E-state index in [-0.39, 0.29) is 18.0 Å². The maximum atomic E-state index is 12.2. The van der Waals surface area contributed by atoms with E-state index >= 15 is 0 Å². The van der Waals surface area contributed by atoms with E-state index in [2.05, 4.69) is 10.4 Å². The Kier molecular flexibility index (Phi) is 6.76. The van der Waals surface area contributed by atoms with Crippen LogP contribution in [0.2, 0.25) is 0 Å². The number of nitrogens with zero attached hydrogens (tertiary/aromatic N) is 2. The van der Waals surface area contributed by atoms with E-state index in [1.807, 2.05) is 31.2 Å². The summed E-state index contributed by atoms with van der Waals surface area (Å²) in [5.74, 6) is -0.167. The molecule has 1 amide bonds. The van der Waals surface area contributed by atoms with Crippen LogP contribution in [-0.4, -0.2) is 41.9 Å². The normalized spacial score (nSPS) is 14.9. The van der Waals surface area contributed by atoms with Gasteiger partial charge in [-0.05, 0) is 32.3 Å². The summed E-state index contributed by atoms with van der Waals surface area (Å²) in [5, 5.41) is 7.27. The van der Waals surface area contributed by atoms with Gasteiger partial charge in [-0.1, -0.05) is 29.8 Å². The van der Waals surface area contributed by atoms with E-state index in [1.165, 1.54) is 43.1 Å². The summed E-state index contributed by atoms with van der Waals surface area (Å²) in [6.07, 6.45) is 4.94. The largest absolute Gasteiger partial charge is 0.354 e. The van der Waals surface area contributed by atoms with Crippen molar-refractivity contribution in [1.82, 2.24) is 15.1 Å². The average molecular weight is 369 g/mol. The van der Waals surface area contributed by atoms with E-state index in [0.29, 0.717) is 12.2 Å². The van der Waals surface area contributed by atoms with Crippen molar-refractivity contribution in [2.24, 2.45) is 0 Å². The molecule has 27 heavy (non-hydrogen) atoms. The van der Waals surface area contributed by atoms with Crippen LogP contribution in [0.5, 0.6) is 0 Å². The number of amides is 1. The molecule has 0 spiro atoms. The van der Waals surface area contributed by atoms with Crippen LogP contribution in [0, 0.1) is 6.92 Å². The van der Waals surface area contributed by atoms with Gasteiger partial charge in [-0.25, -0.2) is 4.68 Å². The van der Waals surface area contributed by atoms with Crippen molar-refractivity contribution in [3.05, 3.63) is 52.3 Å². The molecule has 0 radical (unpaired) electrons. The molecule has 6 nitrogen and oxygen atoms in total. The summed E-state index contributed by atoms with van der Waals surface area (Å²) in [6.45, 7) is 6.22. The molecule has 6 heteroatoms. The Labute approximate surface area is 160 Å². The van der Waals surface area contributed by atoms with Gasteiger partial charge in [0.2, 0.25) is 5.91 Å². The Morgan fingerprint density at radius 2 is 1.85 bits per heavy atom. The molecule has 1 saturated heterocycles. The number of quaternary nitrogens is 1. The van der Waals surface area contributed by atoms with Crippen LogP contribution in [0.15, 0.2) is 41.2 Å². The summed E-state index contributed by atoms with van der Waals surface area (Å²) < 4.78 is 1.24. The first-order chi connectivity index (χ1) is 13.1. The minimum Gasteiger partial charge on any atom is -0.354 e. The van der Waals surface area contributed by atoms with E-state index in [9.17, 15) is 9.59 Å². The molecule has 1 aliphatic rings. The molecule has 3 rings (SSSR count). The standard InChI is InChI=1S/C21H28N4O2/c1-17-6-8-18(9-7-17)19-10-11-21(27)25(23-19)16-20(26)22-12-5-15-24-13-3-2-4-14-24/h6-11H,2-5,12-16H2,1H3,(H,22,26)/p+1. The minimum absolute atomic E-state index is 0.0465. The van der Waals surface area contributed by atoms with Crippen molar-refractivity contribution < 1.29 is 9.69 Å². The van der Waals surface area contributed by atoms with E-state index in [1.54, 1.807) is 11.0 Å². The van der Waals surface area contributed by atoms with Crippen LogP contribution in [0.4, 0.5) is 0 Å². The van der Waals surface area contributed by atoms with Crippen molar-refractivity contribution in [3.63, 3.8) is 0 Å². The third-order valence-corrected chi connectivity index (χ3v) is 5.10. The number of hydrogen-bond acceptors (Lipinski definition) is 3. The zero-order valence-corrected chi connectivity index (χ0v) is 16.0. The molecule has 2 heterocycles. The van der Waals surface area contributed by atoms with Crippen molar-refractivity contribution in [2.45, 2.75) is 39.2 Å². The van der Waals surface area contributed by atoms with Gasteiger partial charge in [0.05, 0.1) is 25.3 Å². The third-order valence-electron chi connectivity index (χ3n) is 5.10. The highest BCUT2D eigenvalue weighted by Gasteiger charge is 2.13. The average Bonchev–Trinajstić information content (AvgIpc) is 2.68. The maximum absolute atomic E-state index is 12.2. The molecule has 2 N–H and O–H groups in total. The van der Waals surface area contributed by atoms with E-state index in [4.69, 9.17) is 0 Å². The van der Waals surface area contributed by atoms with Gasteiger partial charge in [0.15, 0.2) is 0 Å². The molecule has 1 aromatic carbocycles. The maximum Gasteiger partial charge on any atom is 0.267 e. The third kappa shape index (κ3) is 5.76. The van der Waals surface area contributed by atoms with Gasteiger partial charge in [0.25, 0.3) is 5.56 Å². The van der Waals surface area contributed by atoms with E-state index in [0.717, 1.165) is 24.1 Å². The monoisotopic (exact) mass is 369 g/mol. The second-order valence-corrected chi connectivity index (χ2v) is 7.34. The molecule has 144 valence electrons. The molecule has 2 aromatic rings. The Hall–Kier alpha value is -2.47. The predicted octanol–water partition coefficient (Wildman–Crippen LogP) is 0.794. The lowest BCUT2D eigenvalue weighted by Gasteiger charge is -2.23. The van der Waals surface area contributed by atoms with Crippen LogP contribution >= 0.6 is 0 Å². The van der Waals surface area contributed by atoms with Crippen molar-refractivity contribution >= 4 is 5.91 Å². The first kappa shape index (κ1) is 19.3. The Balaban J connectivity index is 1.51. The van der Waals surface area contributed by atoms with Gasteiger partial charge in [-0.3, -0.25) is 9.59 Å². The molecule has 0 saturated carbocycles. The molecule has 1 fully saturated rings. The first-order valence-electron chi connectivity index (χ1n) is 9.87. The van der Waals surface area contributed by atoms with E-state index < -0.39 is 0 Å². The molecular weight excluding hydrogens is 340 g/mol. The van der Waals surface area contributed by atoms with Gasteiger partial charge in [0, 0.05) is 24.6 Å². The molecule has 0 unspecified atom stereocenters. The Bertz CT molecular complexity index is 808. The second-order valence-electron chi connectivity index (χ2n) is 7.34. The highest BCUT2D eigenvalue weighted by molar-refractivity contribution is 5.75. The van der Waals surface area contributed by atoms with Crippen LogP contribution in [0.1, 0.15) is 31.2 Å². The first-order valence-corrected chi connectivity index (χ1v) is 9.87. The number of likely N-dealkylation sites (tertiary alicyclic amines) is 1. The Morgan fingerprint density at radius 3 is 2.59 bits per heavy atom. The zero-order chi connectivity index (χ0) is 19.1. The highest BCUT2D eigenvalue weighted by Crippen LogP contribution is 2.15. The summed E-state index contributed by atoms with van der Waals surface area (Å²) in [4.78, 5) is 25.9. The van der Waals surface area contributed by atoms with Gasteiger partial charge in [-0.2, -0.15) is 5.10 Å². The molecule has 0 aliphatic carbocycles. The highest BCUT2D eigenvalue weighted by atomic mass is 16.2. The lowest BCUT2D eigenvalue weighted by atomic mass is 10.1. The number of nitrogens with one attached hydrogen (secondary N) is 2. The fourth-order valence-electron chi connectivity index (χ4n) is 3.50. The summed E-state index contributed by atoms with van der Waals surface area (Å²) >= 11 is 0. The second kappa shape index (κ2) is 9.46. The topological polar surface area (TPSA) is 68.4 Å². The van der Waals surface area contributed by atoms with Crippen molar-refractivity contribution in [2.75, 3.05) is 26.2 Å². The lowest BCUT2D eigenvalue weighted by Crippen LogP contribution is -3.12. The molecule has 1 aromatic heterocycles. The number of carbonyl (C=O) groups is 1. The molecule has 1 aliphatic heterocycles. The number of aromatic nitrogens is 2. The summed E-state index contributed by atoms with van der Waals surface area (Å²) in [5.41, 5.74) is 2.52. The van der Waals surface area contributed by atoms with Gasteiger partial charge >= 0.3 is 0 Å². The van der Waals surface area contributed by atoms with Crippen molar-refractivity contribution in [1.29, 1.82) is 0 Å². The number of benzene rings is 1. The molecular formula is C21H29N4O2+. The molecule has 0 bridgehead atoms. The predicted molar refractivity (Wildman–Crippen MR) is 106 cm³/mol. The molecule has 0 atom stereocenters. The quantitative estimate of drug-likeness (QED) is 0.709. The number of rotatable bonds is 7. The number of piperidine rings is 1. The van der Waals surface area contributed by atoms with Crippen LogP contribution in [0.3, 0.4) is 0 Å².